The van der Waals surface area contributed by atoms with Gasteiger partial charge in [-0.25, -0.2) is 14.4 Å². The number of anilines is 4. The van der Waals surface area contributed by atoms with Crippen molar-refractivity contribution in [1.82, 2.24) is 5.32 Å². The average molecular weight is 483 g/mol. The number of amides is 4. The molecule has 11 heteroatoms. The standard InChI is InChI=1S/C25H21N7O4/c26-14-15-1-5-18(6-2-15)29-24(35)31-20-11-17(23(33)34)12-21(13-20)32-25(36)30-19-7-3-16(4-8-19)22-27-9-10-28-22/h1-8,11-13H,9-10H2,(H,27,28)(H,33,34)(H2,29,31,35)(H2,30,32,36). The second-order valence-electron chi connectivity index (χ2n) is 7.69. The van der Waals surface area contributed by atoms with Crippen LogP contribution in [0.3, 0.4) is 0 Å². The number of hydrogen-bond donors (Lipinski definition) is 6. The maximum atomic E-state index is 12.5. The fourth-order valence-electron chi connectivity index (χ4n) is 3.41. The number of amidine groups is 1. The molecule has 1 heterocycles. The van der Waals surface area contributed by atoms with Gasteiger partial charge in [0.25, 0.3) is 0 Å². The van der Waals surface area contributed by atoms with Gasteiger partial charge in [-0.15, -0.1) is 0 Å². The largest absolute Gasteiger partial charge is 0.478 e. The Morgan fingerprint density at radius 3 is 1.81 bits per heavy atom. The maximum Gasteiger partial charge on any atom is 0.335 e. The zero-order valence-corrected chi connectivity index (χ0v) is 18.8. The van der Waals surface area contributed by atoms with Gasteiger partial charge in [-0.3, -0.25) is 4.99 Å². The molecule has 180 valence electrons. The summed E-state index contributed by atoms with van der Waals surface area (Å²) in [5.74, 6) is -0.423. The van der Waals surface area contributed by atoms with Gasteiger partial charge in [0.05, 0.1) is 23.7 Å². The summed E-state index contributed by atoms with van der Waals surface area (Å²) in [7, 11) is 0. The molecule has 3 aromatic carbocycles. The predicted octanol–water partition coefficient (Wildman–Crippen LogP) is 3.89. The zero-order chi connectivity index (χ0) is 25.5. The Bertz CT molecular complexity index is 1380. The highest BCUT2D eigenvalue weighted by Gasteiger charge is 2.13. The Labute approximate surface area is 205 Å². The number of nitrogens with one attached hydrogen (secondary N) is 5. The van der Waals surface area contributed by atoms with E-state index in [4.69, 9.17) is 5.26 Å². The van der Waals surface area contributed by atoms with Crippen molar-refractivity contribution < 1.29 is 19.5 Å². The monoisotopic (exact) mass is 483 g/mol. The molecule has 0 saturated carbocycles. The summed E-state index contributed by atoms with van der Waals surface area (Å²) in [6.45, 7) is 1.52. The molecule has 11 nitrogen and oxygen atoms in total. The van der Waals surface area contributed by atoms with E-state index in [2.05, 4.69) is 31.6 Å². The number of carboxylic acids is 1. The highest BCUT2D eigenvalue weighted by atomic mass is 16.4. The maximum absolute atomic E-state index is 12.5. The van der Waals surface area contributed by atoms with Crippen molar-refractivity contribution in [2.24, 2.45) is 4.99 Å². The second-order valence-corrected chi connectivity index (χ2v) is 7.69. The molecule has 36 heavy (non-hydrogen) atoms. The molecule has 0 saturated heterocycles. The van der Waals surface area contributed by atoms with Gasteiger partial charge in [-0.1, -0.05) is 0 Å². The lowest BCUT2D eigenvalue weighted by Crippen LogP contribution is -2.22. The molecule has 0 aliphatic carbocycles. The van der Waals surface area contributed by atoms with Gasteiger partial charge in [-0.2, -0.15) is 5.26 Å². The topological polar surface area (TPSA) is 168 Å². The van der Waals surface area contributed by atoms with Crippen LogP contribution in [0.1, 0.15) is 21.5 Å². The summed E-state index contributed by atoms with van der Waals surface area (Å²) in [6.07, 6.45) is 0. The highest BCUT2D eigenvalue weighted by molar-refractivity contribution is 6.04. The summed E-state index contributed by atoms with van der Waals surface area (Å²) in [6, 6.07) is 18.1. The van der Waals surface area contributed by atoms with Gasteiger partial charge in [0.15, 0.2) is 0 Å². The molecule has 4 rings (SSSR count). The fourth-order valence-corrected chi connectivity index (χ4v) is 3.41. The Morgan fingerprint density at radius 2 is 1.33 bits per heavy atom. The molecule has 3 aromatic rings. The smallest absolute Gasteiger partial charge is 0.335 e. The number of nitrogens with zero attached hydrogens (tertiary/aromatic N) is 2. The molecule has 0 aromatic heterocycles. The molecular formula is C25H21N7O4. The van der Waals surface area contributed by atoms with Gasteiger partial charge >= 0.3 is 18.0 Å². The van der Waals surface area contributed by atoms with Crippen LogP contribution in [0.2, 0.25) is 0 Å². The molecule has 0 fully saturated rings. The van der Waals surface area contributed by atoms with E-state index in [1.807, 2.05) is 18.2 Å². The van der Waals surface area contributed by atoms with Crippen LogP contribution in [-0.2, 0) is 0 Å². The Morgan fingerprint density at radius 1 is 0.806 bits per heavy atom. The number of aromatic carboxylic acids is 1. The number of benzene rings is 3. The molecule has 0 bridgehead atoms. The molecule has 6 N–H and O–H groups in total. The minimum atomic E-state index is -1.23. The Balaban J connectivity index is 1.41. The summed E-state index contributed by atoms with van der Waals surface area (Å²) >= 11 is 0. The van der Waals surface area contributed by atoms with Gasteiger partial charge in [0, 0.05) is 34.9 Å². The van der Waals surface area contributed by atoms with Crippen molar-refractivity contribution in [2.45, 2.75) is 0 Å². The van der Waals surface area contributed by atoms with E-state index in [0.717, 1.165) is 24.5 Å². The van der Waals surface area contributed by atoms with Crippen LogP contribution in [0, 0.1) is 11.3 Å². The Kier molecular flexibility index (Phi) is 7.07. The molecule has 0 spiro atoms. The number of urea groups is 2. The quantitative estimate of drug-likeness (QED) is 0.311. The van der Waals surface area contributed by atoms with Crippen molar-refractivity contribution in [1.29, 1.82) is 5.26 Å². The van der Waals surface area contributed by atoms with E-state index >= 15 is 0 Å². The van der Waals surface area contributed by atoms with Gasteiger partial charge < -0.3 is 31.7 Å². The highest BCUT2D eigenvalue weighted by Crippen LogP contribution is 2.21. The van der Waals surface area contributed by atoms with Crippen LogP contribution in [0.15, 0.2) is 71.7 Å². The lowest BCUT2D eigenvalue weighted by atomic mass is 10.1. The second kappa shape index (κ2) is 10.7. The number of carboxylic acid groups (broad SMARTS) is 1. The lowest BCUT2D eigenvalue weighted by molar-refractivity contribution is 0.0697. The molecule has 4 amide bonds. The van der Waals surface area contributed by atoms with E-state index in [1.54, 1.807) is 36.4 Å². The number of carbonyl (C=O) groups is 3. The van der Waals surface area contributed by atoms with Crippen LogP contribution in [0.25, 0.3) is 0 Å². The van der Waals surface area contributed by atoms with E-state index in [-0.39, 0.29) is 16.9 Å². The Hall–Kier alpha value is -5.37. The fraction of sp³-hybridized carbons (Fsp3) is 0.0800. The van der Waals surface area contributed by atoms with Gasteiger partial charge in [0.1, 0.15) is 5.84 Å². The summed E-state index contributed by atoms with van der Waals surface area (Å²) in [5.41, 5.74) is 2.52. The number of hydrogen-bond acceptors (Lipinski definition) is 6. The average Bonchev–Trinajstić information content (AvgIpc) is 3.40. The molecule has 0 radical (unpaired) electrons. The minimum Gasteiger partial charge on any atom is -0.478 e. The number of carbonyl (C=O) groups excluding carboxylic acids is 2. The predicted molar refractivity (Wildman–Crippen MR) is 136 cm³/mol. The van der Waals surface area contributed by atoms with E-state index in [0.29, 0.717) is 16.9 Å². The van der Waals surface area contributed by atoms with E-state index < -0.39 is 18.0 Å². The van der Waals surface area contributed by atoms with Crippen LogP contribution >= 0.6 is 0 Å². The lowest BCUT2D eigenvalue weighted by Gasteiger charge is -2.12. The number of rotatable bonds is 6. The van der Waals surface area contributed by atoms with Crippen LogP contribution in [0.5, 0.6) is 0 Å². The zero-order valence-electron chi connectivity index (χ0n) is 18.8. The van der Waals surface area contributed by atoms with E-state index in [1.165, 1.54) is 18.2 Å². The van der Waals surface area contributed by atoms with Gasteiger partial charge in [0.2, 0.25) is 0 Å². The van der Waals surface area contributed by atoms with Gasteiger partial charge in [-0.05, 0) is 66.7 Å². The molecule has 0 atom stereocenters. The van der Waals surface area contributed by atoms with Crippen molar-refractivity contribution >= 4 is 46.6 Å². The number of nitriles is 1. The molecular weight excluding hydrogens is 462 g/mol. The first-order valence-electron chi connectivity index (χ1n) is 10.8. The third kappa shape index (κ3) is 6.15. The normalized spacial score (nSPS) is 11.9. The molecule has 1 aliphatic heterocycles. The first kappa shape index (κ1) is 23.8. The molecule has 0 unspecified atom stereocenters. The third-order valence-corrected chi connectivity index (χ3v) is 5.06. The summed E-state index contributed by atoms with van der Waals surface area (Å²) in [5, 5.41) is 31.9. The van der Waals surface area contributed by atoms with Crippen LogP contribution < -0.4 is 26.6 Å². The van der Waals surface area contributed by atoms with E-state index in [9.17, 15) is 19.5 Å². The first-order valence-corrected chi connectivity index (χ1v) is 10.8. The van der Waals surface area contributed by atoms with Crippen molar-refractivity contribution in [2.75, 3.05) is 34.4 Å². The molecule has 1 aliphatic rings. The van der Waals surface area contributed by atoms with Crippen molar-refractivity contribution in [3.05, 3.63) is 83.4 Å². The first-order chi connectivity index (χ1) is 17.4. The number of aliphatic imine (C=N–C) groups is 1. The van der Waals surface area contributed by atoms with Crippen LogP contribution in [-0.4, -0.2) is 42.1 Å². The third-order valence-electron chi connectivity index (χ3n) is 5.06. The van der Waals surface area contributed by atoms with Crippen molar-refractivity contribution in [3.8, 4) is 6.07 Å². The summed E-state index contributed by atoms with van der Waals surface area (Å²) < 4.78 is 0. The SMILES string of the molecule is N#Cc1ccc(NC(=O)Nc2cc(NC(=O)Nc3ccc(C4=NCCN4)cc3)cc(C(=O)O)c2)cc1. The van der Waals surface area contributed by atoms with Crippen LogP contribution in [0.4, 0.5) is 32.3 Å². The van der Waals surface area contributed by atoms with Crippen molar-refractivity contribution in [3.63, 3.8) is 0 Å². The minimum absolute atomic E-state index is 0.129. The summed E-state index contributed by atoms with van der Waals surface area (Å²) in [4.78, 5) is 40.8.